The van der Waals surface area contributed by atoms with Crippen LogP contribution in [0.15, 0.2) is 12.1 Å². The monoisotopic (exact) mass is 306 g/mol. The minimum atomic E-state index is -1.06. The molecule has 2 heterocycles. The first-order valence-electron chi connectivity index (χ1n) is 6.72. The van der Waals surface area contributed by atoms with E-state index >= 15 is 0 Å². The van der Waals surface area contributed by atoms with Gasteiger partial charge in [0, 0.05) is 15.4 Å². The van der Waals surface area contributed by atoms with Gasteiger partial charge in [-0.15, -0.1) is 11.3 Å². The lowest BCUT2D eigenvalue weighted by Gasteiger charge is -2.04. The highest BCUT2D eigenvalue weighted by Gasteiger charge is 2.21. The fraction of sp³-hybridized carbons (Fsp3) is 0.333. The third kappa shape index (κ3) is 3.16. The molecule has 0 aliphatic carbocycles. The number of carboxylic acids is 1. The van der Waals surface area contributed by atoms with Crippen LogP contribution in [-0.2, 0) is 13.0 Å². The molecule has 112 valence electrons. The predicted octanol–water partition coefficient (Wildman–Crippen LogP) is 2.88. The van der Waals surface area contributed by atoms with E-state index < -0.39 is 5.97 Å². The Morgan fingerprint density at radius 2 is 1.95 bits per heavy atom. The molecule has 0 saturated carbocycles. The van der Waals surface area contributed by atoms with Gasteiger partial charge in [-0.25, -0.2) is 4.79 Å². The lowest BCUT2D eigenvalue weighted by Crippen LogP contribution is -2.23. The van der Waals surface area contributed by atoms with Crippen LogP contribution >= 0.6 is 11.3 Å². The minimum Gasteiger partial charge on any atom is -0.477 e. The first-order valence-corrected chi connectivity index (χ1v) is 7.54. The van der Waals surface area contributed by atoms with E-state index in [0.29, 0.717) is 23.4 Å². The van der Waals surface area contributed by atoms with Crippen molar-refractivity contribution in [1.82, 2.24) is 10.3 Å². The zero-order valence-corrected chi connectivity index (χ0v) is 13.1. The summed E-state index contributed by atoms with van der Waals surface area (Å²) in [6, 6.07) is 4.06. The van der Waals surface area contributed by atoms with E-state index in [1.54, 1.807) is 25.2 Å². The largest absolute Gasteiger partial charge is 0.477 e. The molecule has 3 N–H and O–H groups in total. The number of aromatic carboxylic acids is 1. The molecule has 0 aliphatic heterocycles. The molecular weight excluding hydrogens is 288 g/mol. The summed E-state index contributed by atoms with van der Waals surface area (Å²) in [4.78, 5) is 28.4. The Bertz CT molecular complexity index is 685. The standard InChI is InChI=1S/C15H18N2O3S/c1-4-10-5-6-11(21-10)7-16-14(18)12-8(2)13(15(19)20)17-9(12)3/h5-6,17H,4,7H2,1-3H3,(H,16,18)(H,19,20). The van der Waals surface area contributed by atoms with Gasteiger partial charge in [0.25, 0.3) is 5.91 Å². The summed E-state index contributed by atoms with van der Waals surface area (Å²) in [5.41, 5.74) is 1.53. The smallest absolute Gasteiger partial charge is 0.352 e. The Hall–Kier alpha value is -2.08. The van der Waals surface area contributed by atoms with Crippen LogP contribution < -0.4 is 5.32 Å². The number of thiophene rings is 1. The molecule has 0 saturated heterocycles. The first kappa shape index (κ1) is 15.3. The topological polar surface area (TPSA) is 82.2 Å². The van der Waals surface area contributed by atoms with Crippen LogP contribution in [0, 0.1) is 13.8 Å². The minimum absolute atomic E-state index is 0.0713. The number of hydrogen-bond acceptors (Lipinski definition) is 3. The summed E-state index contributed by atoms with van der Waals surface area (Å²) >= 11 is 1.67. The number of aromatic amines is 1. The van der Waals surface area contributed by atoms with Crippen molar-refractivity contribution >= 4 is 23.2 Å². The van der Waals surface area contributed by atoms with Gasteiger partial charge in [0.05, 0.1) is 12.1 Å². The van der Waals surface area contributed by atoms with E-state index in [1.165, 1.54) is 4.88 Å². The normalized spacial score (nSPS) is 10.6. The molecule has 2 rings (SSSR count). The van der Waals surface area contributed by atoms with Crippen LogP contribution in [0.4, 0.5) is 0 Å². The van der Waals surface area contributed by atoms with Crippen molar-refractivity contribution in [1.29, 1.82) is 0 Å². The van der Waals surface area contributed by atoms with E-state index in [2.05, 4.69) is 23.3 Å². The van der Waals surface area contributed by atoms with Gasteiger partial charge in [-0.05, 0) is 38.0 Å². The number of carbonyl (C=O) groups is 2. The highest BCUT2D eigenvalue weighted by Crippen LogP contribution is 2.19. The third-order valence-corrected chi connectivity index (χ3v) is 4.60. The zero-order chi connectivity index (χ0) is 15.6. The molecule has 0 fully saturated rings. The van der Waals surface area contributed by atoms with Gasteiger partial charge in [0.2, 0.25) is 0 Å². The van der Waals surface area contributed by atoms with Crippen LogP contribution in [0.3, 0.4) is 0 Å². The second kappa shape index (κ2) is 6.13. The number of carboxylic acid groups (broad SMARTS) is 1. The van der Waals surface area contributed by atoms with Crippen LogP contribution in [0.5, 0.6) is 0 Å². The predicted molar refractivity (Wildman–Crippen MR) is 82.1 cm³/mol. The number of amides is 1. The maximum atomic E-state index is 12.3. The van der Waals surface area contributed by atoms with Crippen LogP contribution in [0.25, 0.3) is 0 Å². The van der Waals surface area contributed by atoms with Crippen molar-refractivity contribution in [2.45, 2.75) is 33.7 Å². The average molecular weight is 306 g/mol. The molecule has 0 unspecified atom stereocenters. The zero-order valence-electron chi connectivity index (χ0n) is 12.2. The summed E-state index contributed by atoms with van der Waals surface area (Å²) in [7, 11) is 0. The Labute approximate surface area is 127 Å². The number of aryl methyl sites for hydroxylation is 2. The van der Waals surface area contributed by atoms with Crippen molar-refractivity contribution in [2.75, 3.05) is 0 Å². The molecule has 0 bridgehead atoms. The highest BCUT2D eigenvalue weighted by atomic mass is 32.1. The summed E-state index contributed by atoms with van der Waals surface area (Å²) in [6.07, 6.45) is 0.983. The second-order valence-corrected chi connectivity index (χ2v) is 6.09. The molecular formula is C15H18N2O3S. The van der Waals surface area contributed by atoms with Crippen LogP contribution in [-0.4, -0.2) is 22.0 Å². The fourth-order valence-corrected chi connectivity index (χ4v) is 3.17. The third-order valence-electron chi connectivity index (χ3n) is 3.37. The van der Waals surface area contributed by atoms with Gasteiger partial charge in [-0.2, -0.15) is 0 Å². The Morgan fingerprint density at radius 1 is 1.29 bits per heavy atom. The number of rotatable bonds is 5. The molecule has 1 amide bonds. The SMILES string of the molecule is CCc1ccc(CNC(=O)c2c(C)[nH]c(C(=O)O)c2C)s1. The van der Waals surface area contributed by atoms with Gasteiger partial charge >= 0.3 is 5.97 Å². The summed E-state index contributed by atoms with van der Waals surface area (Å²) in [5.74, 6) is -1.30. The molecule has 5 nitrogen and oxygen atoms in total. The van der Waals surface area contributed by atoms with E-state index in [0.717, 1.165) is 11.3 Å². The lowest BCUT2D eigenvalue weighted by atomic mass is 10.1. The van der Waals surface area contributed by atoms with Gasteiger partial charge < -0.3 is 15.4 Å². The number of aromatic nitrogens is 1. The summed E-state index contributed by atoms with van der Waals surface area (Å²) in [6.45, 7) is 5.89. The molecule has 0 radical (unpaired) electrons. The van der Waals surface area contributed by atoms with Crippen LogP contribution in [0.2, 0.25) is 0 Å². The number of carbonyl (C=O) groups excluding carboxylic acids is 1. The van der Waals surface area contributed by atoms with Crippen molar-refractivity contribution < 1.29 is 14.7 Å². The Kier molecular flexibility index (Phi) is 4.47. The molecule has 0 aromatic carbocycles. The fourth-order valence-electron chi connectivity index (χ4n) is 2.27. The maximum Gasteiger partial charge on any atom is 0.352 e. The number of hydrogen-bond donors (Lipinski definition) is 3. The number of H-pyrrole nitrogens is 1. The molecule has 2 aromatic rings. The Morgan fingerprint density at radius 3 is 2.48 bits per heavy atom. The molecule has 2 aromatic heterocycles. The molecule has 0 spiro atoms. The second-order valence-electron chi connectivity index (χ2n) is 4.83. The van der Waals surface area contributed by atoms with Crippen molar-refractivity contribution in [3.63, 3.8) is 0 Å². The molecule has 6 heteroatoms. The van der Waals surface area contributed by atoms with E-state index in [1.807, 2.05) is 6.07 Å². The molecule has 0 atom stereocenters. The van der Waals surface area contributed by atoms with Crippen LogP contribution in [0.1, 0.15) is 48.8 Å². The first-order chi connectivity index (χ1) is 9.93. The van der Waals surface area contributed by atoms with E-state index in [9.17, 15) is 9.59 Å². The maximum absolute atomic E-state index is 12.3. The lowest BCUT2D eigenvalue weighted by molar-refractivity contribution is 0.0690. The Balaban J connectivity index is 2.12. The summed E-state index contributed by atoms with van der Waals surface area (Å²) in [5, 5.41) is 11.9. The van der Waals surface area contributed by atoms with Crippen molar-refractivity contribution in [3.05, 3.63) is 44.4 Å². The molecule has 0 aliphatic rings. The van der Waals surface area contributed by atoms with Gasteiger partial charge in [-0.1, -0.05) is 6.92 Å². The highest BCUT2D eigenvalue weighted by molar-refractivity contribution is 7.11. The van der Waals surface area contributed by atoms with Crippen molar-refractivity contribution in [3.8, 4) is 0 Å². The average Bonchev–Trinajstić information content (AvgIpc) is 3.01. The number of nitrogens with one attached hydrogen (secondary N) is 2. The van der Waals surface area contributed by atoms with Gasteiger partial charge in [0.15, 0.2) is 0 Å². The quantitative estimate of drug-likeness (QED) is 0.794. The van der Waals surface area contributed by atoms with Crippen molar-refractivity contribution in [2.24, 2.45) is 0 Å². The van der Waals surface area contributed by atoms with E-state index in [4.69, 9.17) is 5.11 Å². The summed E-state index contributed by atoms with van der Waals surface area (Å²) < 4.78 is 0. The van der Waals surface area contributed by atoms with Gasteiger partial charge in [-0.3, -0.25) is 4.79 Å². The van der Waals surface area contributed by atoms with E-state index in [-0.39, 0.29) is 11.6 Å². The molecule has 21 heavy (non-hydrogen) atoms. The van der Waals surface area contributed by atoms with Gasteiger partial charge in [0.1, 0.15) is 5.69 Å².